The molecule has 2 heterocycles. The molecule has 10 heteroatoms. The van der Waals surface area contributed by atoms with Gasteiger partial charge in [0.2, 0.25) is 10.0 Å². The van der Waals surface area contributed by atoms with Gasteiger partial charge in [0.15, 0.2) is 0 Å². The molecule has 1 N–H and O–H groups in total. The van der Waals surface area contributed by atoms with Crippen LogP contribution in [0.15, 0.2) is 36.5 Å². The molecule has 1 amide bonds. The van der Waals surface area contributed by atoms with E-state index in [2.05, 4.69) is 10.3 Å². The SMILES string of the molecule is O=C(NCC1(c2ncccc2F)CCN(S(=O)(=O)CC2CC2)CC1)c1ccc(Cl)cc1Cl. The number of halogens is 3. The van der Waals surface area contributed by atoms with Gasteiger partial charge < -0.3 is 5.32 Å². The number of benzene rings is 1. The zero-order chi connectivity index (χ0) is 22.9. The van der Waals surface area contributed by atoms with Crippen LogP contribution in [0.25, 0.3) is 0 Å². The van der Waals surface area contributed by atoms with Crippen LogP contribution in [0.5, 0.6) is 0 Å². The molecule has 1 aliphatic carbocycles. The summed E-state index contributed by atoms with van der Waals surface area (Å²) in [6.07, 6.45) is 4.11. The van der Waals surface area contributed by atoms with Crippen molar-refractivity contribution in [3.05, 3.63) is 63.6 Å². The molecule has 0 bridgehead atoms. The van der Waals surface area contributed by atoms with Crippen molar-refractivity contribution in [2.24, 2.45) is 5.92 Å². The Morgan fingerprint density at radius 3 is 2.56 bits per heavy atom. The van der Waals surface area contributed by atoms with Crippen LogP contribution in [0.1, 0.15) is 41.7 Å². The Morgan fingerprint density at radius 2 is 1.94 bits per heavy atom. The number of hydrogen-bond donors (Lipinski definition) is 1. The van der Waals surface area contributed by atoms with Crippen LogP contribution in [0.3, 0.4) is 0 Å². The van der Waals surface area contributed by atoms with Gasteiger partial charge in [0.1, 0.15) is 5.82 Å². The smallest absolute Gasteiger partial charge is 0.252 e. The summed E-state index contributed by atoms with van der Waals surface area (Å²) in [5, 5.41) is 3.48. The molecule has 2 aromatic rings. The van der Waals surface area contributed by atoms with Crippen LogP contribution in [-0.4, -0.2) is 49.0 Å². The van der Waals surface area contributed by atoms with Gasteiger partial charge in [-0.25, -0.2) is 17.1 Å². The highest BCUT2D eigenvalue weighted by Crippen LogP contribution is 2.38. The number of sulfonamides is 1. The molecule has 0 atom stereocenters. The molecule has 1 saturated heterocycles. The normalized spacial score (nSPS) is 19.0. The average molecular weight is 500 g/mol. The third kappa shape index (κ3) is 5.09. The molecule has 2 aliphatic rings. The number of aromatic nitrogens is 1. The van der Waals surface area contributed by atoms with E-state index in [9.17, 15) is 17.6 Å². The van der Waals surface area contributed by atoms with Gasteiger partial charge in [0, 0.05) is 36.3 Å². The number of piperidine rings is 1. The van der Waals surface area contributed by atoms with Crippen LogP contribution < -0.4 is 5.32 Å². The summed E-state index contributed by atoms with van der Waals surface area (Å²) < 4.78 is 41.6. The van der Waals surface area contributed by atoms with E-state index < -0.39 is 27.2 Å². The Hall–Kier alpha value is -1.74. The maximum absolute atomic E-state index is 14.7. The highest BCUT2D eigenvalue weighted by atomic mass is 35.5. The van der Waals surface area contributed by atoms with Crippen molar-refractivity contribution in [2.75, 3.05) is 25.4 Å². The fourth-order valence-electron chi connectivity index (χ4n) is 4.17. The first-order chi connectivity index (χ1) is 15.2. The molecule has 2 fully saturated rings. The molecule has 1 aromatic carbocycles. The van der Waals surface area contributed by atoms with Crippen molar-refractivity contribution in [3.8, 4) is 0 Å². The lowest BCUT2D eigenvalue weighted by atomic mass is 9.75. The highest BCUT2D eigenvalue weighted by Gasteiger charge is 2.43. The molecule has 32 heavy (non-hydrogen) atoms. The Labute approximate surface area is 197 Å². The Balaban J connectivity index is 1.53. The summed E-state index contributed by atoms with van der Waals surface area (Å²) in [6.45, 7) is 0.612. The van der Waals surface area contributed by atoms with Gasteiger partial charge in [0.25, 0.3) is 5.91 Å². The molecule has 1 aliphatic heterocycles. The van der Waals surface area contributed by atoms with E-state index in [1.54, 1.807) is 6.07 Å². The van der Waals surface area contributed by atoms with Crippen LogP contribution >= 0.6 is 23.2 Å². The van der Waals surface area contributed by atoms with Gasteiger partial charge >= 0.3 is 0 Å². The van der Waals surface area contributed by atoms with Crippen LogP contribution in [0, 0.1) is 11.7 Å². The molecule has 0 spiro atoms. The topological polar surface area (TPSA) is 79.4 Å². The van der Waals surface area contributed by atoms with E-state index in [0.29, 0.717) is 17.9 Å². The Kier molecular flexibility index (Phi) is 6.77. The highest BCUT2D eigenvalue weighted by molar-refractivity contribution is 7.89. The lowest BCUT2D eigenvalue weighted by molar-refractivity contribution is 0.0931. The second-order valence-electron chi connectivity index (χ2n) is 8.54. The molecular formula is C22H24Cl2FN3O3S. The number of carbonyl (C=O) groups excluding carboxylic acids is 1. The lowest BCUT2D eigenvalue weighted by Gasteiger charge is -2.41. The molecule has 172 valence electrons. The Bertz CT molecular complexity index is 1120. The summed E-state index contributed by atoms with van der Waals surface area (Å²) >= 11 is 12.1. The summed E-state index contributed by atoms with van der Waals surface area (Å²) in [5.41, 5.74) is -0.329. The maximum Gasteiger partial charge on any atom is 0.252 e. The predicted octanol–water partition coefficient (Wildman–Crippen LogP) is 4.03. The fourth-order valence-corrected chi connectivity index (χ4v) is 6.54. The molecule has 1 aromatic heterocycles. The van der Waals surface area contributed by atoms with Crippen LogP contribution in [0.2, 0.25) is 10.0 Å². The number of nitrogens with zero attached hydrogens (tertiary/aromatic N) is 2. The van der Waals surface area contributed by atoms with Crippen molar-refractivity contribution in [1.29, 1.82) is 0 Å². The molecule has 0 unspecified atom stereocenters. The minimum Gasteiger partial charge on any atom is -0.351 e. The quantitative estimate of drug-likeness (QED) is 0.623. The maximum atomic E-state index is 14.7. The summed E-state index contributed by atoms with van der Waals surface area (Å²) in [5.74, 6) is -0.459. The minimum absolute atomic E-state index is 0.106. The number of amides is 1. The first-order valence-corrected chi connectivity index (χ1v) is 12.9. The third-order valence-electron chi connectivity index (χ3n) is 6.24. The van der Waals surface area contributed by atoms with Gasteiger partial charge in [-0.3, -0.25) is 9.78 Å². The van der Waals surface area contributed by atoms with Gasteiger partial charge in [-0.1, -0.05) is 23.2 Å². The third-order valence-corrected chi connectivity index (χ3v) is 8.83. The van der Waals surface area contributed by atoms with Crippen molar-refractivity contribution in [3.63, 3.8) is 0 Å². The number of pyridine rings is 1. The number of rotatable bonds is 7. The van der Waals surface area contributed by atoms with E-state index in [0.717, 1.165) is 12.8 Å². The number of carbonyl (C=O) groups is 1. The molecule has 6 nitrogen and oxygen atoms in total. The van der Waals surface area contributed by atoms with Crippen molar-refractivity contribution in [1.82, 2.24) is 14.6 Å². The first-order valence-electron chi connectivity index (χ1n) is 10.5. The van der Waals surface area contributed by atoms with Crippen LogP contribution in [0.4, 0.5) is 4.39 Å². The van der Waals surface area contributed by atoms with E-state index in [4.69, 9.17) is 23.2 Å². The Morgan fingerprint density at radius 1 is 1.22 bits per heavy atom. The minimum atomic E-state index is -3.34. The van der Waals surface area contributed by atoms with Gasteiger partial charge in [0.05, 0.1) is 22.0 Å². The lowest BCUT2D eigenvalue weighted by Crippen LogP contribution is -2.51. The van der Waals surface area contributed by atoms with Crippen molar-refractivity contribution < 1.29 is 17.6 Å². The number of nitrogens with one attached hydrogen (secondary N) is 1. The van der Waals surface area contributed by atoms with Gasteiger partial charge in [-0.15, -0.1) is 0 Å². The van der Waals surface area contributed by atoms with E-state index >= 15 is 0 Å². The van der Waals surface area contributed by atoms with Crippen LogP contribution in [-0.2, 0) is 15.4 Å². The average Bonchev–Trinajstić information content (AvgIpc) is 3.56. The standard InChI is InChI=1S/C22H24Cl2FN3O3S/c23-16-5-6-17(18(24)12-16)21(29)27-14-22(20-19(25)2-1-9-26-20)7-10-28(11-8-22)32(30,31)13-15-3-4-15/h1-2,5-6,9,12,15H,3-4,7-8,10-11,13-14H2,(H,27,29). The van der Waals surface area contributed by atoms with Crippen molar-refractivity contribution in [2.45, 2.75) is 31.1 Å². The van der Waals surface area contributed by atoms with E-state index in [-0.39, 0.29) is 47.6 Å². The molecular weight excluding hydrogens is 476 g/mol. The van der Waals surface area contributed by atoms with E-state index in [1.165, 1.54) is 34.8 Å². The van der Waals surface area contributed by atoms with E-state index in [1.807, 2.05) is 0 Å². The monoisotopic (exact) mass is 499 g/mol. The summed E-state index contributed by atoms with van der Waals surface area (Å²) in [7, 11) is -3.34. The molecule has 4 rings (SSSR count). The van der Waals surface area contributed by atoms with Gasteiger partial charge in [-0.05, 0) is 61.9 Å². The number of hydrogen-bond acceptors (Lipinski definition) is 4. The van der Waals surface area contributed by atoms with Gasteiger partial charge in [-0.2, -0.15) is 0 Å². The molecule has 0 radical (unpaired) electrons. The van der Waals surface area contributed by atoms with Crippen molar-refractivity contribution >= 4 is 39.1 Å². The summed E-state index contributed by atoms with van der Waals surface area (Å²) in [4.78, 5) is 17.0. The second kappa shape index (κ2) is 9.25. The molecule has 1 saturated carbocycles. The second-order valence-corrected chi connectivity index (χ2v) is 11.4. The summed E-state index contributed by atoms with van der Waals surface area (Å²) in [6, 6.07) is 7.42. The first kappa shape index (κ1) is 23.4. The largest absolute Gasteiger partial charge is 0.351 e. The zero-order valence-corrected chi connectivity index (χ0v) is 19.7. The predicted molar refractivity (Wildman–Crippen MR) is 122 cm³/mol. The zero-order valence-electron chi connectivity index (χ0n) is 17.4. The fraction of sp³-hybridized carbons (Fsp3) is 0.455.